The fraction of sp³-hybridized carbons (Fsp3) is 0.333. The Morgan fingerprint density at radius 3 is 2.83 bits per heavy atom. The lowest BCUT2D eigenvalue weighted by molar-refractivity contribution is 0.375. The van der Waals surface area contributed by atoms with Gasteiger partial charge in [-0.1, -0.05) is 19.1 Å². The number of methoxy groups -OCH3 is 1. The van der Waals surface area contributed by atoms with Crippen LogP contribution >= 0.6 is 11.3 Å². The standard InChI is InChI=1S/C18H18N2O2S/c1-11-7-8-12-15(9-11)23-18-16(12)17(19-10-20-18)22-14-6-4-3-5-13(14)21-2/h3-6,10-11H,7-9H2,1-2H3/t11-/m0/s1. The van der Waals surface area contributed by atoms with Crippen LogP contribution in [0.2, 0.25) is 0 Å². The zero-order valence-electron chi connectivity index (χ0n) is 13.2. The molecule has 23 heavy (non-hydrogen) atoms. The predicted molar refractivity (Wildman–Crippen MR) is 91.7 cm³/mol. The molecule has 0 amide bonds. The van der Waals surface area contributed by atoms with Crippen molar-refractivity contribution in [2.75, 3.05) is 7.11 Å². The van der Waals surface area contributed by atoms with E-state index in [2.05, 4.69) is 16.9 Å². The lowest BCUT2D eigenvalue weighted by Crippen LogP contribution is -2.08. The van der Waals surface area contributed by atoms with Gasteiger partial charge in [0.15, 0.2) is 11.5 Å². The van der Waals surface area contributed by atoms with Crippen molar-refractivity contribution in [1.82, 2.24) is 9.97 Å². The van der Waals surface area contributed by atoms with Crippen molar-refractivity contribution < 1.29 is 9.47 Å². The molecule has 0 aliphatic heterocycles. The van der Waals surface area contributed by atoms with Crippen LogP contribution in [0.3, 0.4) is 0 Å². The van der Waals surface area contributed by atoms with Crippen LogP contribution in [0.4, 0.5) is 0 Å². The molecular weight excluding hydrogens is 308 g/mol. The zero-order valence-corrected chi connectivity index (χ0v) is 14.0. The molecule has 4 rings (SSSR count). The van der Waals surface area contributed by atoms with Crippen molar-refractivity contribution in [3.63, 3.8) is 0 Å². The van der Waals surface area contributed by atoms with Crippen LogP contribution in [-0.2, 0) is 12.8 Å². The predicted octanol–water partition coefficient (Wildman–Crippen LogP) is 4.62. The molecule has 0 bridgehead atoms. The molecule has 0 N–H and O–H groups in total. The molecular formula is C18H18N2O2S. The third-order valence-corrected chi connectivity index (χ3v) is 5.49. The van der Waals surface area contributed by atoms with Gasteiger partial charge >= 0.3 is 0 Å². The third-order valence-electron chi connectivity index (χ3n) is 4.33. The molecule has 2 aromatic heterocycles. The fourth-order valence-electron chi connectivity index (χ4n) is 3.13. The maximum absolute atomic E-state index is 6.10. The number of hydrogen-bond donors (Lipinski definition) is 0. The molecule has 1 aliphatic carbocycles. The third kappa shape index (κ3) is 2.55. The Labute approximate surface area is 139 Å². The number of ether oxygens (including phenoxy) is 2. The molecule has 4 nitrogen and oxygen atoms in total. The van der Waals surface area contributed by atoms with E-state index in [0.717, 1.165) is 29.0 Å². The van der Waals surface area contributed by atoms with Gasteiger partial charge in [0.25, 0.3) is 0 Å². The van der Waals surface area contributed by atoms with Crippen molar-refractivity contribution in [3.05, 3.63) is 41.0 Å². The summed E-state index contributed by atoms with van der Waals surface area (Å²) in [6.45, 7) is 2.31. The Hall–Kier alpha value is -2.14. The SMILES string of the molecule is COc1ccccc1Oc1ncnc2sc3c(c12)CC[C@H](C)C3. The van der Waals surface area contributed by atoms with Crippen LogP contribution in [-0.4, -0.2) is 17.1 Å². The van der Waals surface area contributed by atoms with Gasteiger partial charge in [0.2, 0.25) is 5.88 Å². The molecule has 0 saturated heterocycles. The molecule has 1 aromatic carbocycles. The molecule has 118 valence electrons. The number of hydrogen-bond acceptors (Lipinski definition) is 5. The molecule has 3 aromatic rings. The number of rotatable bonds is 3. The highest BCUT2D eigenvalue weighted by Crippen LogP contribution is 2.42. The number of fused-ring (bicyclic) bond motifs is 3. The zero-order chi connectivity index (χ0) is 15.8. The van der Waals surface area contributed by atoms with Gasteiger partial charge in [0.1, 0.15) is 11.2 Å². The molecule has 1 aliphatic rings. The lowest BCUT2D eigenvalue weighted by atomic mass is 9.89. The molecule has 0 spiro atoms. The summed E-state index contributed by atoms with van der Waals surface area (Å²) in [4.78, 5) is 11.3. The minimum atomic E-state index is 0.631. The Morgan fingerprint density at radius 1 is 1.17 bits per heavy atom. The van der Waals surface area contributed by atoms with Gasteiger partial charge in [-0.15, -0.1) is 11.3 Å². The van der Waals surface area contributed by atoms with E-state index in [0.29, 0.717) is 17.4 Å². The Bertz CT molecular complexity index is 859. The van der Waals surface area contributed by atoms with E-state index in [4.69, 9.17) is 9.47 Å². The van der Waals surface area contributed by atoms with E-state index in [1.165, 1.54) is 16.9 Å². The molecule has 1 atom stereocenters. The van der Waals surface area contributed by atoms with Gasteiger partial charge in [-0.05, 0) is 42.9 Å². The van der Waals surface area contributed by atoms with Crippen LogP contribution < -0.4 is 9.47 Å². The van der Waals surface area contributed by atoms with Crippen molar-refractivity contribution in [3.8, 4) is 17.4 Å². The van der Waals surface area contributed by atoms with Crippen LogP contribution in [0.5, 0.6) is 17.4 Å². The number of para-hydroxylation sites is 2. The van der Waals surface area contributed by atoms with E-state index in [1.54, 1.807) is 24.8 Å². The smallest absolute Gasteiger partial charge is 0.231 e. The Balaban J connectivity index is 1.81. The van der Waals surface area contributed by atoms with Crippen LogP contribution in [0, 0.1) is 5.92 Å². The second kappa shape index (κ2) is 5.81. The number of thiophene rings is 1. The minimum absolute atomic E-state index is 0.631. The number of benzene rings is 1. The molecule has 0 radical (unpaired) electrons. The van der Waals surface area contributed by atoms with Crippen LogP contribution in [0.1, 0.15) is 23.8 Å². The van der Waals surface area contributed by atoms with Crippen molar-refractivity contribution in [2.24, 2.45) is 5.92 Å². The van der Waals surface area contributed by atoms with Crippen molar-refractivity contribution >= 4 is 21.6 Å². The second-order valence-electron chi connectivity index (χ2n) is 5.96. The number of nitrogens with zero attached hydrogens (tertiary/aromatic N) is 2. The van der Waals surface area contributed by atoms with Crippen LogP contribution in [0.15, 0.2) is 30.6 Å². The fourth-order valence-corrected chi connectivity index (χ4v) is 4.47. The van der Waals surface area contributed by atoms with Gasteiger partial charge in [0.05, 0.1) is 12.5 Å². The lowest BCUT2D eigenvalue weighted by Gasteiger charge is -2.18. The van der Waals surface area contributed by atoms with Gasteiger partial charge in [-0.25, -0.2) is 9.97 Å². The highest BCUT2D eigenvalue weighted by molar-refractivity contribution is 7.18. The summed E-state index contributed by atoms with van der Waals surface area (Å²) in [5.74, 6) is 2.75. The van der Waals surface area contributed by atoms with Gasteiger partial charge in [0, 0.05) is 4.88 Å². The summed E-state index contributed by atoms with van der Waals surface area (Å²) in [5, 5.41) is 1.07. The topological polar surface area (TPSA) is 44.2 Å². The van der Waals surface area contributed by atoms with Crippen LogP contribution in [0.25, 0.3) is 10.2 Å². The second-order valence-corrected chi connectivity index (χ2v) is 7.05. The number of aromatic nitrogens is 2. The molecule has 5 heteroatoms. The first-order valence-corrected chi connectivity index (χ1v) is 8.64. The maximum atomic E-state index is 6.10. The van der Waals surface area contributed by atoms with Gasteiger partial charge in [-0.2, -0.15) is 0 Å². The average Bonchev–Trinajstić information content (AvgIpc) is 2.93. The van der Waals surface area contributed by atoms with Crippen molar-refractivity contribution in [1.29, 1.82) is 0 Å². The molecule has 2 heterocycles. The molecule has 0 unspecified atom stereocenters. The molecule has 0 saturated carbocycles. The highest BCUT2D eigenvalue weighted by Gasteiger charge is 2.24. The quantitative estimate of drug-likeness (QED) is 0.704. The first-order valence-electron chi connectivity index (χ1n) is 7.82. The highest BCUT2D eigenvalue weighted by atomic mass is 32.1. The summed E-state index contributed by atoms with van der Waals surface area (Å²) in [6, 6.07) is 7.64. The first-order chi connectivity index (χ1) is 11.3. The average molecular weight is 326 g/mol. The van der Waals surface area contributed by atoms with E-state index in [9.17, 15) is 0 Å². The molecule has 0 fully saturated rings. The van der Waals surface area contributed by atoms with Crippen molar-refractivity contribution in [2.45, 2.75) is 26.2 Å². The summed E-state index contributed by atoms with van der Waals surface area (Å²) >= 11 is 1.78. The maximum Gasteiger partial charge on any atom is 0.231 e. The Morgan fingerprint density at radius 2 is 2.00 bits per heavy atom. The summed E-state index contributed by atoms with van der Waals surface area (Å²) < 4.78 is 11.5. The minimum Gasteiger partial charge on any atom is -0.493 e. The van der Waals surface area contributed by atoms with E-state index in [1.807, 2.05) is 24.3 Å². The Kier molecular flexibility index (Phi) is 3.65. The van der Waals surface area contributed by atoms with E-state index < -0.39 is 0 Å². The largest absolute Gasteiger partial charge is 0.493 e. The summed E-state index contributed by atoms with van der Waals surface area (Å²) in [6.07, 6.45) is 5.00. The summed E-state index contributed by atoms with van der Waals surface area (Å²) in [7, 11) is 1.64. The first kappa shape index (κ1) is 14.5. The number of aryl methyl sites for hydroxylation is 1. The normalized spacial score (nSPS) is 17.0. The van der Waals surface area contributed by atoms with Gasteiger partial charge in [-0.3, -0.25) is 0 Å². The monoisotopic (exact) mass is 326 g/mol. The van der Waals surface area contributed by atoms with Gasteiger partial charge < -0.3 is 9.47 Å². The van der Waals surface area contributed by atoms with E-state index in [-0.39, 0.29) is 0 Å². The summed E-state index contributed by atoms with van der Waals surface area (Å²) in [5.41, 5.74) is 1.37. The van der Waals surface area contributed by atoms with E-state index >= 15 is 0 Å².